The zero-order valence-corrected chi connectivity index (χ0v) is 11.2. The van der Waals surface area contributed by atoms with E-state index in [9.17, 15) is 4.79 Å². The number of ketones is 1. The maximum absolute atomic E-state index is 12.3. The van der Waals surface area contributed by atoms with Crippen LogP contribution in [0.2, 0.25) is 0 Å². The molecule has 1 aromatic carbocycles. The number of rotatable bonds is 3. The molecule has 19 heavy (non-hydrogen) atoms. The predicted molar refractivity (Wildman–Crippen MR) is 76.1 cm³/mol. The third-order valence-corrected chi connectivity index (χ3v) is 3.79. The van der Waals surface area contributed by atoms with Gasteiger partial charge in [0.25, 0.3) is 0 Å². The van der Waals surface area contributed by atoms with Gasteiger partial charge in [0, 0.05) is 16.6 Å². The molecule has 0 aliphatic rings. The molecule has 0 N–H and O–H groups in total. The van der Waals surface area contributed by atoms with Gasteiger partial charge in [-0.25, -0.2) is 4.68 Å². The van der Waals surface area contributed by atoms with Gasteiger partial charge in [0.05, 0.1) is 5.69 Å². The van der Waals surface area contributed by atoms with Gasteiger partial charge in [0.1, 0.15) is 5.69 Å². The van der Waals surface area contributed by atoms with Crippen molar-refractivity contribution in [3.63, 3.8) is 0 Å². The number of para-hydroxylation sites is 1. The van der Waals surface area contributed by atoms with Crippen LogP contribution >= 0.6 is 11.3 Å². The van der Waals surface area contributed by atoms with Crippen molar-refractivity contribution in [2.75, 3.05) is 0 Å². The molecule has 0 amide bonds. The van der Waals surface area contributed by atoms with Crippen molar-refractivity contribution < 1.29 is 4.79 Å². The SMILES string of the molecule is Cc1sccc1C(=O)c1ccn(-c2ccccc2)n1. The number of carbonyl (C=O) groups excluding carboxylic acids is 1. The molecular weight excluding hydrogens is 256 g/mol. The van der Waals surface area contributed by atoms with Crippen LogP contribution < -0.4 is 0 Å². The number of hydrogen-bond donors (Lipinski definition) is 0. The molecule has 0 saturated carbocycles. The average molecular weight is 268 g/mol. The molecule has 94 valence electrons. The Morgan fingerprint density at radius 3 is 2.63 bits per heavy atom. The molecule has 0 atom stereocenters. The average Bonchev–Trinajstić information content (AvgIpc) is 3.08. The van der Waals surface area contributed by atoms with E-state index in [-0.39, 0.29) is 5.78 Å². The van der Waals surface area contributed by atoms with E-state index in [1.165, 1.54) is 0 Å². The summed E-state index contributed by atoms with van der Waals surface area (Å²) in [6.07, 6.45) is 1.81. The molecule has 0 aliphatic carbocycles. The van der Waals surface area contributed by atoms with Gasteiger partial charge >= 0.3 is 0 Å². The molecule has 0 saturated heterocycles. The van der Waals surface area contributed by atoms with Crippen LogP contribution in [-0.2, 0) is 0 Å². The lowest BCUT2D eigenvalue weighted by Gasteiger charge is -1.99. The number of benzene rings is 1. The van der Waals surface area contributed by atoms with Crippen molar-refractivity contribution in [2.24, 2.45) is 0 Å². The zero-order valence-electron chi connectivity index (χ0n) is 10.4. The minimum Gasteiger partial charge on any atom is -0.287 e. The van der Waals surface area contributed by atoms with Crippen molar-refractivity contribution in [3.8, 4) is 5.69 Å². The molecule has 2 aromatic heterocycles. The topological polar surface area (TPSA) is 34.9 Å². The van der Waals surface area contributed by atoms with E-state index in [0.717, 1.165) is 16.1 Å². The third kappa shape index (κ3) is 2.22. The van der Waals surface area contributed by atoms with E-state index in [2.05, 4.69) is 5.10 Å². The van der Waals surface area contributed by atoms with Crippen molar-refractivity contribution in [1.82, 2.24) is 9.78 Å². The molecule has 4 heteroatoms. The lowest BCUT2D eigenvalue weighted by atomic mass is 10.1. The van der Waals surface area contributed by atoms with Gasteiger partial charge in [-0.15, -0.1) is 11.3 Å². The molecule has 0 aliphatic heterocycles. The van der Waals surface area contributed by atoms with E-state index in [4.69, 9.17) is 0 Å². The maximum atomic E-state index is 12.3. The first kappa shape index (κ1) is 11.9. The number of aryl methyl sites for hydroxylation is 1. The number of hydrogen-bond acceptors (Lipinski definition) is 3. The van der Waals surface area contributed by atoms with Gasteiger partial charge in [0.15, 0.2) is 0 Å². The molecule has 0 unspecified atom stereocenters. The van der Waals surface area contributed by atoms with Crippen LogP contribution in [0.3, 0.4) is 0 Å². The van der Waals surface area contributed by atoms with Gasteiger partial charge < -0.3 is 0 Å². The molecule has 0 radical (unpaired) electrons. The Bertz CT molecular complexity index is 713. The Morgan fingerprint density at radius 1 is 1.16 bits per heavy atom. The Kier molecular flexibility index (Phi) is 3.01. The molecular formula is C15H12N2OS. The van der Waals surface area contributed by atoms with Crippen LogP contribution in [0.25, 0.3) is 5.69 Å². The minimum atomic E-state index is -0.0200. The van der Waals surface area contributed by atoms with Crippen molar-refractivity contribution in [1.29, 1.82) is 0 Å². The summed E-state index contributed by atoms with van der Waals surface area (Å²) in [5.74, 6) is -0.0200. The Balaban J connectivity index is 1.94. The number of nitrogens with zero attached hydrogens (tertiary/aromatic N) is 2. The number of carbonyl (C=O) groups is 1. The predicted octanol–water partition coefficient (Wildman–Crippen LogP) is 3.47. The van der Waals surface area contributed by atoms with Crippen LogP contribution in [0.1, 0.15) is 20.9 Å². The highest BCUT2D eigenvalue weighted by molar-refractivity contribution is 7.10. The summed E-state index contributed by atoms with van der Waals surface area (Å²) in [6, 6.07) is 13.4. The summed E-state index contributed by atoms with van der Waals surface area (Å²) < 4.78 is 1.72. The first-order valence-electron chi connectivity index (χ1n) is 5.95. The summed E-state index contributed by atoms with van der Waals surface area (Å²) in [4.78, 5) is 13.3. The van der Waals surface area contributed by atoms with Crippen molar-refractivity contribution in [3.05, 3.63) is 70.2 Å². The van der Waals surface area contributed by atoms with Crippen molar-refractivity contribution >= 4 is 17.1 Å². The van der Waals surface area contributed by atoms with Crippen LogP contribution in [0.5, 0.6) is 0 Å². The van der Waals surface area contributed by atoms with Crippen LogP contribution in [-0.4, -0.2) is 15.6 Å². The van der Waals surface area contributed by atoms with Gasteiger partial charge in [-0.2, -0.15) is 5.10 Å². The lowest BCUT2D eigenvalue weighted by Crippen LogP contribution is -2.04. The zero-order chi connectivity index (χ0) is 13.2. The third-order valence-electron chi connectivity index (χ3n) is 2.95. The highest BCUT2D eigenvalue weighted by atomic mass is 32.1. The van der Waals surface area contributed by atoms with Gasteiger partial charge in [0.2, 0.25) is 5.78 Å². The molecule has 3 nitrogen and oxygen atoms in total. The quantitative estimate of drug-likeness (QED) is 0.682. The molecule has 3 aromatic rings. The summed E-state index contributed by atoms with van der Waals surface area (Å²) in [5, 5.41) is 6.28. The lowest BCUT2D eigenvalue weighted by molar-refractivity contribution is 0.103. The largest absolute Gasteiger partial charge is 0.287 e. The van der Waals surface area contributed by atoms with Crippen LogP contribution in [0.15, 0.2) is 54.0 Å². The van der Waals surface area contributed by atoms with Gasteiger partial charge in [-0.1, -0.05) is 18.2 Å². The fraction of sp³-hybridized carbons (Fsp3) is 0.0667. The highest BCUT2D eigenvalue weighted by Crippen LogP contribution is 2.18. The Labute approximate surface area is 115 Å². The summed E-state index contributed by atoms with van der Waals surface area (Å²) >= 11 is 1.58. The fourth-order valence-corrected chi connectivity index (χ4v) is 2.62. The fourth-order valence-electron chi connectivity index (χ4n) is 1.93. The van der Waals surface area contributed by atoms with Gasteiger partial charge in [-0.05, 0) is 36.6 Å². The highest BCUT2D eigenvalue weighted by Gasteiger charge is 2.15. The van der Waals surface area contributed by atoms with E-state index in [1.807, 2.05) is 54.9 Å². The number of aromatic nitrogens is 2. The summed E-state index contributed by atoms with van der Waals surface area (Å²) in [5.41, 5.74) is 2.16. The van der Waals surface area contributed by atoms with Crippen LogP contribution in [0.4, 0.5) is 0 Å². The van der Waals surface area contributed by atoms with E-state index >= 15 is 0 Å². The van der Waals surface area contributed by atoms with E-state index < -0.39 is 0 Å². The second kappa shape index (κ2) is 4.82. The van der Waals surface area contributed by atoms with Crippen molar-refractivity contribution in [2.45, 2.75) is 6.92 Å². The summed E-state index contributed by atoms with van der Waals surface area (Å²) in [7, 11) is 0. The van der Waals surface area contributed by atoms with E-state index in [0.29, 0.717) is 5.69 Å². The minimum absolute atomic E-state index is 0.0200. The molecule has 0 fully saturated rings. The number of thiophene rings is 1. The summed E-state index contributed by atoms with van der Waals surface area (Å²) in [6.45, 7) is 1.95. The first-order valence-corrected chi connectivity index (χ1v) is 6.83. The van der Waals surface area contributed by atoms with Gasteiger partial charge in [-0.3, -0.25) is 4.79 Å². The Morgan fingerprint density at radius 2 is 1.95 bits per heavy atom. The molecule has 0 spiro atoms. The van der Waals surface area contributed by atoms with E-state index in [1.54, 1.807) is 22.1 Å². The van der Waals surface area contributed by atoms with Crippen LogP contribution in [0, 0.1) is 6.92 Å². The monoisotopic (exact) mass is 268 g/mol. The molecule has 2 heterocycles. The molecule has 3 rings (SSSR count). The standard InChI is InChI=1S/C15H12N2OS/c1-11-13(8-10-19-11)15(18)14-7-9-17(16-14)12-5-3-2-4-6-12/h2-10H,1H3. The maximum Gasteiger partial charge on any atom is 0.214 e. The normalized spacial score (nSPS) is 10.6. The second-order valence-electron chi connectivity index (χ2n) is 4.20. The molecule has 0 bridgehead atoms. The first-order chi connectivity index (χ1) is 9.25. The second-order valence-corrected chi connectivity index (χ2v) is 5.32. The smallest absolute Gasteiger partial charge is 0.214 e. The Hall–Kier alpha value is -2.20.